The molecule has 5 rings (SSSR count). The van der Waals surface area contributed by atoms with Gasteiger partial charge in [-0.1, -0.05) is 40.0 Å². The Morgan fingerprint density at radius 2 is 1.70 bits per heavy atom. The van der Waals surface area contributed by atoms with E-state index in [1.165, 1.54) is 16.4 Å². The van der Waals surface area contributed by atoms with Crippen LogP contribution in [0.5, 0.6) is 0 Å². The summed E-state index contributed by atoms with van der Waals surface area (Å²) in [6.07, 6.45) is -0.775. The second-order valence-electron chi connectivity index (χ2n) is 8.68. The number of carbonyl (C=O) groups is 1. The van der Waals surface area contributed by atoms with E-state index in [-0.39, 0.29) is 39.2 Å². The van der Waals surface area contributed by atoms with E-state index in [4.69, 9.17) is 44.1 Å². The van der Waals surface area contributed by atoms with Crippen molar-refractivity contribution < 1.29 is 22.5 Å². The first-order chi connectivity index (χ1) is 17.6. The number of hydrogen-bond donors (Lipinski definition) is 0. The van der Waals surface area contributed by atoms with Crippen LogP contribution in [0.2, 0.25) is 15.1 Å². The van der Waals surface area contributed by atoms with Gasteiger partial charge in [-0.3, -0.25) is 9.80 Å². The molecule has 0 N–H and O–H groups in total. The molecule has 0 aliphatic carbocycles. The first-order valence-electron chi connectivity index (χ1n) is 11.4. The van der Waals surface area contributed by atoms with E-state index in [1.54, 1.807) is 11.8 Å². The zero-order valence-corrected chi connectivity index (χ0v) is 22.7. The molecule has 3 aromatic rings. The molecule has 0 saturated carbocycles. The molecule has 14 heteroatoms. The molecule has 2 aliphatic rings. The van der Waals surface area contributed by atoms with Gasteiger partial charge in [0, 0.05) is 50.9 Å². The third kappa shape index (κ3) is 5.29. The average molecular weight is 587 g/mol. The molecule has 2 fully saturated rings. The van der Waals surface area contributed by atoms with E-state index >= 15 is 0 Å². The minimum Gasteiger partial charge on any atom is -0.443 e. The van der Waals surface area contributed by atoms with E-state index in [0.29, 0.717) is 43.6 Å². The van der Waals surface area contributed by atoms with Gasteiger partial charge in [0.2, 0.25) is 21.7 Å². The molecule has 0 radical (unpaired) electrons. The standard InChI is InChI=1S/C23H22Cl3N5O5S/c1-14-27-22(28-36-14)15-2-4-16(5-3-15)31-13-17(35-23(31)32)12-29-8-10-30(11-9-29)37(33,34)19-7-6-18(24)20(25)21(19)26/h2-7,17H,8-13H2,1H3. The van der Waals surface area contributed by atoms with Gasteiger partial charge in [-0.15, -0.1) is 0 Å². The van der Waals surface area contributed by atoms with Crippen molar-refractivity contribution in [2.24, 2.45) is 0 Å². The number of sulfonamides is 1. The van der Waals surface area contributed by atoms with Crippen LogP contribution in [-0.4, -0.2) is 79.2 Å². The summed E-state index contributed by atoms with van der Waals surface area (Å²) < 4.78 is 38.2. The molecule has 37 heavy (non-hydrogen) atoms. The zero-order valence-electron chi connectivity index (χ0n) is 19.6. The second-order valence-corrected chi connectivity index (χ2v) is 11.7. The molecular weight excluding hydrogens is 565 g/mol. The Kier molecular flexibility index (Phi) is 7.36. The highest BCUT2D eigenvalue weighted by Gasteiger charge is 2.36. The fourth-order valence-electron chi connectivity index (χ4n) is 4.32. The zero-order chi connectivity index (χ0) is 26.3. The molecule has 2 aliphatic heterocycles. The summed E-state index contributed by atoms with van der Waals surface area (Å²) in [4.78, 5) is 20.3. The summed E-state index contributed by atoms with van der Waals surface area (Å²) >= 11 is 18.1. The van der Waals surface area contributed by atoms with Crippen LogP contribution in [-0.2, 0) is 14.8 Å². The largest absolute Gasteiger partial charge is 0.443 e. The maximum absolute atomic E-state index is 13.1. The van der Waals surface area contributed by atoms with E-state index in [0.717, 1.165) is 5.56 Å². The van der Waals surface area contributed by atoms with Crippen molar-refractivity contribution in [1.82, 2.24) is 19.3 Å². The molecule has 196 valence electrons. The molecule has 2 saturated heterocycles. The number of halogens is 3. The molecule has 3 heterocycles. The van der Waals surface area contributed by atoms with E-state index in [1.807, 2.05) is 24.3 Å². The van der Waals surface area contributed by atoms with Crippen LogP contribution in [0, 0.1) is 6.92 Å². The Balaban J connectivity index is 1.18. The van der Waals surface area contributed by atoms with Gasteiger partial charge in [-0.2, -0.15) is 9.29 Å². The van der Waals surface area contributed by atoms with Gasteiger partial charge in [0.1, 0.15) is 11.0 Å². The number of nitrogens with zero attached hydrogens (tertiary/aromatic N) is 5. The average Bonchev–Trinajstić information content (AvgIpc) is 3.48. The third-order valence-electron chi connectivity index (χ3n) is 6.25. The SMILES string of the molecule is Cc1nc(-c2ccc(N3CC(CN4CCN(S(=O)(=O)c5ccc(Cl)c(Cl)c5Cl)CC4)OC3=O)cc2)no1. The van der Waals surface area contributed by atoms with Crippen molar-refractivity contribution in [2.45, 2.75) is 17.9 Å². The Morgan fingerprint density at radius 1 is 1.00 bits per heavy atom. The fourth-order valence-corrected chi connectivity index (χ4v) is 6.70. The molecule has 1 unspecified atom stereocenters. The van der Waals surface area contributed by atoms with E-state index in [2.05, 4.69) is 15.0 Å². The normalized spacial score (nSPS) is 19.4. The summed E-state index contributed by atoms with van der Waals surface area (Å²) in [5.41, 5.74) is 1.48. The highest BCUT2D eigenvalue weighted by Crippen LogP contribution is 2.36. The lowest BCUT2D eigenvalue weighted by Gasteiger charge is -2.34. The predicted molar refractivity (Wildman–Crippen MR) is 139 cm³/mol. The maximum Gasteiger partial charge on any atom is 0.414 e. The molecule has 2 aromatic carbocycles. The molecule has 0 spiro atoms. The van der Waals surface area contributed by atoms with Crippen LogP contribution in [0.15, 0.2) is 45.8 Å². The lowest BCUT2D eigenvalue weighted by Crippen LogP contribution is -2.50. The number of hydrogen-bond acceptors (Lipinski definition) is 8. The van der Waals surface area contributed by atoms with Crippen molar-refractivity contribution in [1.29, 1.82) is 0 Å². The lowest BCUT2D eigenvalue weighted by atomic mass is 10.2. The van der Waals surface area contributed by atoms with Crippen molar-refractivity contribution in [3.8, 4) is 11.4 Å². The number of anilines is 1. The summed E-state index contributed by atoms with van der Waals surface area (Å²) in [6, 6.07) is 10.0. The van der Waals surface area contributed by atoms with Gasteiger partial charge in [0.25, 0.3) is 0 Å². The molecule has 10 nitrogen and oxygen atoms in total. The number of rotatable bonds is 6. The number of amides is 1. The van der Waals surface area contributed by atoms with E-state index < -0.39 is 16.1 Å². The molecule has 1 aromatic heterocycles. The first kappa shape index (κ1) is 26.2. The molecule has 0 bridgehead atoms. The van der Waals surface area contributed by atoms with Gasteiger partial charge in [0.05, 0.1) is 21.6 Å². The number of carbonyl (C=O) groups excluding carboxylic acids is 1. The molecular formula is C23H22Cl3N5O5S. The van der Waals surface area contributed by atoms with Crippen LogP contribution < -0.4 is 4.90 Å². The number of benzene rings is 2. The van der Waals surface area contributed by atoms with Gasteiger partial charge < -0.3 is 9.26 Å². The van der Waals surface area contributed by atoms with Crippen LogP contribution in [0.3, 0.4) is 0 Å². The Hall–Kier alpha value is -2.41. The number of aryl methyl sites for hydroxylation is 1. The van der Waals surface area contributed by atoms with Gasteiger partial charge in [-0.25, -0.2) is 13.2 Å². The third-order valence-corrected chi connectivity index (χ3v) is 9.60. The number of aromatic nitrogens is 2. The summed E-state index contributed by atoms with van der Waals surface area (Å²) in [7, 11) is -3.84. The monoisotopic (exact) mass is 585 g/mol. The number of piperazine rings is 1. The van der Waals surface area contributed by atoms with Crippen LogP contribution >= 0.6 is 34.8 Å². The summed E-state index contributed by atoms with van der Waals surface area (Å²) in [5, 5.41) is 4.01. The van der Waals surface area contributed by atoms with Crippen LogP contribution in [0.1, 0.15) is 5.89 Å². The number of cyclic esters (lactones) is 1. The molecule has 1 atom stereocenters. The highest BCUT2D eigenvalue weighted by molar-refractivity contribution is 7.89. The minimum absolute atomic E-state index is 0.00944. The lowest BCUT2D eigenvalue weighted by molar-refractivity contribution is 0.0937. The second kappa shape index (κ2) is 10.4. The summed E-state index contributed by atoms with van der Waals surface area (Å²) in [6.45, 7) is 4.08. The summed E-state index contributed by atoms with van der Waals surface area (Å²) in [5.74, 6) is 0.954. The van der Waals surface area contributed by atoms with Crippen LogP contribution in [0.25, 0.3) is 11.4 Å². The maximum atomic E-state index is 13.1. The topological polar surface area (TPSA) is 109 Å². The van der Waals surface area contributed by atoms with E-state index in [9.17, 15) is 13.2 Å². The highest BCUT2D eigenvalue weighted by atomic mass is 35.5. The fraction of sp³-hybridized carbons (Fsp3) is 0.348. The number of ether oxygens (including phenoxy) is 1. The first-order valence-corrected chi connectivity index (χ1v) is 14.0. The Bertz CT molecular complexity index is 1430. The van der Waals surface area contributed by atoms with Crippen molar-refractivity contribution in [3.05, 3.63) is 57.4 Å². The van der Waals surface area contributed by atoms with Gasteiger partial charge in [0.15, 0.2) is 0 Å². The van der Waals surface area contributed by atoms with Gasteiger partial charge in [-0.05, 0) is 36.4 Å². The predicted octanol–water partition coefficient (Wildman–Crippen LogP) is 4.34. The molecule has 1 amide bonds. The van der Waals surface area contributed by atoms with Gasteiger partial charge >= 0.3 is 6.09 Å². The van der Waals surface area contributed by atoms with Crippen molar-refractivity contribution in [2.75, 3.05) is 44.2 Å². The quantitative estimate of drug-likeness (QED) is 0.393. The van der Waals surface area contributed by atoms with Crippen LogP contribution in [0.4, 0.5) is 10.5 Å². The minimum atomic E-state index is -3.84. The van der Waals surface area contributed by atoms with Crippen molar-refractivity contribution >= 4 is 56.6 Å². The smallest absolute Gasteiger partial charge is 0.414 e. The van der Waals surface area contributed by atoms with Crippen molar-refractivity contribution in [3.63, 3.8) is 0 Å². The Labute approximate surface area is 228 Å². The Morgan fingerprint density at radius 3 is 2.35 bits per heavy atom.